The van der Waals surface area contributed by atoms with E-state index in [1.807, 2.05) is 13.8 Å². The Bertz CT molecular complexity index is 295. The summed E-state index contributed by atoms with van der Waals surface area (Å²) < 4.78 is 0. The second-order valence-electron chi connectivity index (χ2n) is 5.35. The molecule has 4 nitrogen and oxygen atoms in total. The highest BCUT2D eigenvalue weighted by Crippen LogP contribution is 2.41. The number of carboxylic acids is 1. The van der Waals surface area contributed by atoms with Gasteiger partial charge in [0.15, 0.2) is 0 Å². The van der Waals surface area contributed by atoms with Gasteiger partial charge in [-0.1, -0.05) is 39.5 Å². The van der Waals surface area contributed by atoms with Gasteiger partial charge in [-0.25, -0.2) is 4.79 Å². The zero-order valence-corrected chi connectivity index (χ0v) is 11.5. The van der Waals surface area contributed by atoms with E-state index in [1.54, 1.807) is 0 Å². The fourth-order valence-electron chi connectivity index (χ4n) is 2.77. The van der Waals surface area contributed by atoms with Crippen LogP contribution in [0.2, 0.25) is 0 Å². The van der Waals surface area contributed by atoms with E-state index < -0.39 is 12.0 Å². The van der Waals surface area contributed by atoms with Crippen LogP contribution in [0.15, 0.2) is 0 Å². The maximum Gasteiger partial charge on any atom is 0.326 e. The Labute approximate surface area is 109 Å². The van der Waals surface area contributed by atoms with Crippen molar-refractivity contribution in [1.82, 2.24) is 5.32 Å². The summed E-state index contributed by atoms with van der Waals surface area (Å²) in [6.07, 6.45) is 7.05. The molecule has 0 aromatic rings. The summed E-state index contributed by atoms with van der Waals surface area (Å²) >= 11 is 0. The molecule has 2 N–H and O–H groups in total. The van der Waals surface area contributed by atoms with Gasteiger partial charge in [0.25, 0.3) is 0 Å². The predicted molar refractivity (Wildman–Crippen MR) is 70.3 cm³/mol. The monoisotopic (exact) mass is 255 g/mol. The van der Waals surface area contributed by atoms with Crippen LogP contribution >= 0.6 is 0 Å². The molecule has 1 aliphatic rings. The lowest BCUT2D eigenvalue weighted by molar-refractivity contribution is -0.144. The average molecular weight is 255 g/mol. The van der Waals surface area contributed by atoms with Crippen LogP contribution in [0.25, 0.3) is 0 Å². The highest BCUT2D eigenvalue weighted by molar-refractivity contribution is 5.87. The number of hydrogen-bond acceptors (Lipinski definition) is 2. The fraction of sp³-hybridized carbons (Fsp3) is 0.857. The molecule has 1 amide bonds. The molecular formula is C14H25NO3. The lowest BCUT2D eigenvalue weighted by Crippen LogP contribution is -2.47. The summed E-state index contributed by atoms with van der Waals surface area (Å²) in [7, 11) is 0. The molecule has 0 heterocycles. The second kappa shape index (κ2) is 6.76. The van der Waals surface area contributed by atoms with Crippen LogP contribution in [0.1, 0.15) is 65.2 Å². The largest absolute Gasteiger partial charge is 0.480 e. The van der Waals surface area contributed by atoms with Gasteiger partial charge in [-0.15, -0.1) is 0 Å². The summed E-state index contributed by atoms with van der Waals surface area (Å²) in [6, 6.07) is -0.721. The minimum Gasteiger partial charge on any atom is -0.480 e. The highest BCUT2D eigenvalue weighted by Gasteiger charge is 2.40. The highest BCUT2D eigenvalue weighted by atomic mass is 16.4. The quantitative estimate of drug-likeness (QED) is 0.735. The van der Waals surface area contributed by atoms with E-state index in [2.05, 4.69) is 5.32 Å². The van der Waals surface area contributed by atoms with Gasteiger partial charge in [-0.05, 0) is 25.7 Å². The van der Waals surface area contributed by atoms with E-state index in [-0.39, 0.29) is 11.3 Å². The predicted octanol–water partition coefficient (Wildman–Crippen LogP) is 2.72. The van der Waals surface area contributed by atoms with Crippen LogP contribution in [0.4, 0.5) is 0 Å². The molecule has 0 aliphatic heterocycles. The SMILES string of the molecule is CCCC[C@H](NC(=O)C1(CC)CCCC1)C(=O)O. The Morgan fingerprint density at radius 1 is 1.28 bits per heavy atom. The van der Waals surface area contributed by atoms with E-state index in [9.17, 15) is 9.59 Å². The minimum absolute atomic E-state index is 0.0500. The van der Waals surface area contributed by atoms with Gasteiger partial charge in [0.1, 0.15) is 6.04 Å². The molecule has 0 spiro atoms. The van der Waals surface area contributed by atoms with Gasteiger partial charge < -0.3 is 10.4 Å². The van der Waals surface area contributed by atoms with E-state index >= 15 is 0 Å². The third kappa shape index (κ3) is 3.47. The van der Waals surface area contributed by atoms with E-state index in [4.69, 9.17) is 5.11 Å². The molecule has 0 saturated heterocycles. The number of carbonyl (C=O) groups is 2. The lowest BCUT2D eigenvalue weighted by Gasteiger charge is -2.28. The molecule has 0 aromatic carbocycles. The summed E-state index contributed by atoms with van der Waals surface area (Å²) in [5.74, 6) is -0.966. The zero-order chi connectivity index (χ0) is 13.6. The molecule has 1 saturated carbocycles. The van der Waals surface area contributed by atoms with Crippen LogP contribution in [-0.4, -0.2) is 23.0 Å². The molecule has 1 rings (SSSR count). The van der Waals surface area contributed by atoms with E-state index in [0.29, 0.717) is 6.42 Å². The van der Waals surface area contributed by atoms with Crippen molar-refractivity contribution in [3.8, 4) is 0 Å². The first kappa shape index (κ1) is 15.0. The molecule has 4 heteroatoms. The zero-order valence-electron chi connectivity index (χ0n) is 11.5. The maximum atomic E-state index is 12.3. The molecule has 104 valence electrons. The van der Waals surface area contributed by atoms with Crippen molar-refractivity contribution in [3.63, 3.8) is 0 Å². The number of carboxylic acid groups (broad SMARTS) is 1. The van der Waals surface area contributed by atoms with Crippen LogP contribution in [0.3, 0.4) is 0 Å². The van der Waals surface area contributed by atoms with Crippen LogP contribution < -0.4 is 5.32 Å². The van der Waals surface area contributed by atoms with Gasteiger partial charge in [-0.3, -0.25) is 4.79 Å². The molecule has 0 radical (unpaired) electrons. The number of hydrogen-bond donors (Lipinski definition) is 2. The van der Waals surface area contributed by atoms with Gasteiger partial charge >= 0.3 is 5.97 Å². The third-order valence-electron chi connectivity index (χ3n) is 4.17. The normalized spacial score (nSPS) is 19.4. The molecule has 1 fully saturated rings. The van der Waals surface area contributed by atoms with Gasteiger partial charge in [0.05, 0.1) is 0 Å². The first-order chi connectivity index (χ1) is 8.55. The number of nitrogens with one attached hydrogen (secondary N) is 1. The number of carbonyl (C=O) groups excluding carboxylic acids is 1. The summed E-state index contributed by atoms with van der Waals surface area (Å²) in [4.78, 5) is 23.4. The van der Waals surface area contributed by atoms with Crippen molar-refractivity contribution in [2.45, 2.75) is 71.3 Å². The average Bonchev–Trinajstić information content (AvgIpc) is 2.83. The lowest BCUT2D eigenvalue weighted by atomic mass is 9.82. The molecule has 1 atom stereocenters. The number of aliphatic carboxylic acids is 1. The molecule has 0 aromatic heterocycles. The van der Waals surface area contributed by atoms with Gasteiger partial charge in [0, 0.05) is 5.41 Å². The molecule has 0 unspecified atom stereocenters. The Morgan fingerprint density at radius 2 is 1.89 bits per heavy atom. The minimum atomic E-state index is -0.916. The summed E-state index contributed by atoms with van der Waals surface area (Å²) in [6.45, 7) is 4.04. The third-order valence-corrected chi connectivity index (χ3v) is 4.17. The maximum absolute atomic E-state index is 12.3. The summed E-state index contributed by atoms with van der Waals surface area (Å²) in [5, 5.41) is 11.9. The van der Waals surface area contributed by atoms with Crippen molar-refractivity contribution >= 4 is 11.9 Å². The fourth-order valence-corrected chi connectivity index (χ4v) is 2.77. The molecule has 0 bridgehead atoms. The Kier molecular flexibility index (Phi) is 5.63. The Hall–Kier alpha value is -1.06. The summed E-state index contributed by atoms with van der Waals surface area (Å²) in [5.41, 5.74) is -0.306. The van der Waals surface area contributed by atoms with E-state index in [1.165, 1.54) is 0 Å². The van der Waals surface area contributed by atoms with Crippen molar-refractivity contribution in [2.24, 2.45) is 5.41 Å². The van der Waals surface area contributed by atoms with Crippen molar-refractivity contribution in [2.75, 3.05) is 0 Å². The van der Waals surface area contributed by atoms with Crippen molar-refractivity contribution in [3.05, 3.63) is 0 Å². The molecule has 1 aliphatic carbocycles. The van der Waals surface area contributed by atoms with Gasteiger partial charge in [-0.2, -0.15) is 0 Å². The van der Waals surface area contributed by atoms with Gasteiger partial charge in [0.2, 0.25) is 5.91 Å². The van der Waals surface area contributed by atoms with Crippen LogP contribution in [0, 0.1) is 5.41 Å². The van der Waals surface area contributed by atoms with Crippen molar-refractivity contribution in [1.29, 1.82) is 0 Å². The second-order valence-corrected chi connectivity index (χ2v) is 5.35. The topological polar surface area (TPSA) is 66.4 Å². The first-order valence-electron chi connectivity index (χ1n) is 7.09. The van der Waals surface area contributed by atoms with Crippen molar-refractivity contribution < 1.29 is 14.7 Å². The molecule has 18 heavy (non-hydrogen) atoms. The molecular weight excluding hydrogens is 230 g/mol. The standard InChI is InChI=1S/C14H25NO3/c1-3-5-8-11(12(16)17)15-13(18)14(4-2)9-6-7-10-14/h11H,3-10H2,1-2H3,(H,15,18)(H,16,17)/t11-/m0/s1. The Morgan fingerprint density at radius 3 is 2.33 bits per heavy atom. The number of amides is 1. The van der Waals surface area contributed by atoms with Crippen LogP contribution in [-0.2, 0) is 9.59 Å². The van der Waals surface area contributed by atoms with E-state index in [0.717, 1.165) is 44.9 Å². The number of unbranched alkanes of at least 4 members (excludes halogenated alkanes) is 1. The Balaban J connectivity index is 2.62. The smallest absolute Gasteiger partial charge is 0.326 e. The van der Waals surface area contributed by atoms with Crippen LogP contribution in [0.5, 0.6) is 0 Å². The number of rotatable bonds is 7. The first-order valence-corrected chi connectivity index (χ1v) is 7.09.